The smallest absolute Gasteiger partial charge is 0.255 e. The molecule has 5 heteroatoms. The van der Waals surface area contributed by atoms with Crippen LogP contribution in [0, 0.1) is 0 Å². The molecule has 1 unspecified atom stereocenters. The lowest BCUT2D eigenvalue weighted by Crippen LogP contribution is -2.39. The molecule has 0 saturated carbocycles. The topological polar surface area (TPSA) is 51.7 Å². The monoisotopic (exact) mass is 310 g/mol. The Bertz CT molecular complexity index is 745. The second-order valence-electron chi connectivity index (χ2n) is 5.86. The molecular formula is C18H18N2O3. The number of amides is 1. The van der Waals surface area contributed by atoms with E-state index in [0.29, 0.717) is 25.3 Å². The Morgan fingerprint density at radius 2 is 2.04 bits per heavy atom. The summed E-state index contributed by atoms with van der Waals surface area (Å²) in [5.41, 5.74) is 3.00. The van der Waals surface area contributed by atoms with E-state index in [1.165, 1.54) is 5.56 Å². The minimum absolute atomic E-state index is 0.00211. The Labute approximate surface area is 134 Å². The van der Waals surface area contributed by atoms with Crippen molar-refractivity contribution in [2.45, 2.75) is 19.4 Å². The summed E-state index contributed by atoms with van der Waals surface area (Å²) in [6.07, 6.45) is 4.12. The number of rotatable bonds is 1. The van der Waals surface area contributed by atoms with Crippen LogP contribution >= 0.6 is 0 Å². The van der Waals surface area contributed by atoms with Gasteiger partial charge in [-0.2, -0.15) is 0 Å². The van der Waals surface area contributed by atoms with E-state index >= 15 is 0 Å². The summed E-state index contributed by atoms with van der Waals surface area (Å²) in [5, 5.41) is 0. The average Bonchev–Trinajstić information content (AvgIpc) is 2.61. The molecule has 4 rings (SSSR count). The SMILES string of the molecule is CC1c2cc3c(cc2CCN1C(=O)c1cccnc1)OCCO3. The summed E-state index contributed by atoms with van der Waals surface area (Å²) in [4.78, 5) is 18.7. The summed E-state index contributed by atoms with van der Waals surface area (Å²) in [7, 11) is 0. The summed E-state index contributed by atoms with van der Waals surface area (Å²) < 4.78 is 11.3. The van der Waals surface area contributed by atoms with Gasteiger partial charge in [0.15, 0.2) is 11.5 Å². The van der Waals surface area contributed by atoms with Crippen molar-refractivity contribution in [2.75, 3.05) is 19.8 Å². The highest BCUT2D eigenvalue weighted by Gasteiger charge is 2.30. The van der Waals surface area contributed by atoms with Gasteiger partial charge in [0.2, 0.25) is 0 Å². The van der Waals surface area contributed by atoms with E-state index in [1.54, 1.807) is 24.5 Å². The first-order valence-corrected chi connectivity index (χ1v) is 7.87. The number of fused-ring (bicyclic) bond motifs is 2. The number of benzene rings is 1. The highest BCUT2D eigenvalue weighted by molar-refractivity contribution is 5.94. The third-order valence-corrected chi connectivity index (χ3v) is 4.51. The zero-order valence-electron chi connectivity index (χ0n) is 13.0. The zero-order valence-corrected chi connectivity index (χ0v) is 13.0. The molecule has 0 saturated heterocycles. The summed E-state index contributed by atoms with van der Waals surface area (Å²) in [6.45, 7) is 3.91. The molecule has 3 heterocycles. The quantitative estimate of drug-likeness (QED) is 0.812. The predicted molar refractivity (Wildman–Crippen MR) is 84.8 cm³/mol. The molecule has 2 aliphatic rings. The van der Waals surface area contributed by atoms with Crippen LogP contribution in [0.2, 0.25) is 0 Å². The molecule has 0 aliphatic carbocycles. The summed E-state index contributed by atoms with van der Waals surface area (Å²) in [5.74, 6) is 1.61. The van der Waals surface area contributed by atoms with Crippen molar-refractivity contribution >= 4 is 5.91 Å². The minimum Gasteiger partial charge on any atom is -0.486 e. The number of pyridine rings is 1. The third-order valence-electron chi connectivity index (χ3n) is 4.51. The van der Waals surface area contributed by atoms with Gasteiger partial charge < -0.3 is 14.4 Å². The second-order valence-corrected chi connectivity index (χ2v) is 5.86. The van der Waals surface area contributed by atoms with Gasteiger partial charge in [0.1, 0.15) is 13.2 Å². The lowest BCUT2D eigenvalue weighted by molar-refractivity contribution is 0.0676. The van der Waals surface area contributed by atoms with E-state index in [9.17, 15) is 4.79 Å². The van der Waals surface area contributed by atoms with Crippen molar-refractivity contribution in [3.63, 3.8) is 0 Å². The van der Waals surface area contributed by atoms with Crippen LogP contribution in [-0.4, -0.2) is 35.5 Å². The molecule has 118 valence electrons. The second kappa shape index (κ2) is 5.57. The normalized spacial score (nSPS) is 19.2. The molecule has 1 atom stereocenters. The maximum absolute atomic E-state index is 12.7. The van der Waals surface area contributed by atoms with E-state index < -0.39 is 0 Å². The van der Waals surface area contributed by atoms with Gasteiger partial charge in [-0.3, -0.25) is 9.78 Å². The van der Waals surface area contributed by atoms with Crippen LogP contribution in [0.15, 0.2) is 36.7 Å². The van der Waals surface area contributed by atoms with Crippen molar-refractivity contribution in [3.8, 4) is 11.5 Å². The maximum Gasteiger partial charge on any atom is 0.255 e. The lowest BCUT2D eigenvalue weighted by atomic mass is 9.92. The van der Waals surface area contributed by atoms with Gasteiger partial charge >= 0.3 is 0 Å². The van der Waals surface area contributed by atoms with Gasteiger partial charge in [-0.1, -0.05) is 0 Å². The molecule has 0 bridgehead atoms. The maximum atomic E-state index is 12.7. The molecule has 0 radical (unpaired) electrons. The fraction of sp³-hybridized carbons (Fsp3) is 0.333. The van der Waals surface area contributed by atoms with Crippen molar-refractivity contribution in [1.29, 1.82) is 0 Å². The zero-order chi connectivity index (χ0) is 15.8. The molecule has 2 aromatic rings. The molecule has 1 aromatic heterocycles. The molecule has 0 N–H and O–H groups in total. The van der Waals surface area contributed by atoms with E-state index in [0.717, 1.165) is 23.5 Å². The molecule has 0 spiro atoms. The minimum atomic E-state index is 0.00211. The average molecular weight is 310 g/mol. The van der Waals surface area contributed by atoms with Gasteiger partial charge in [0, 0.05) is 18.9 Å². The first-order valence-electron chi connectivity index (χ1n) is 7.87. The first-order chi connectivity index (χ1) is 11.2. The Balaban J connectivity index is 1.66. The molecule has 1 aromatic carbocycles. The molecule has 23 heavy (non-hydrogen) atoms. The Morgan fingerprint density at radius 1 is 1.26 bits per heavy atom. The molecule has 1 amide bonds. The van der Waals surface area contributed by atoms with Gasteiger partial charge in [-0.15, -0.1) is 0 Å². The van der Waals surface area contributed by atoms with Crippen LogP contribution in [-0.2, 0) is 6.42 Å². The molecule has 5 nitrogen and oxygen atoms in total. The van der Waals surface area contributed by atoms with Crippen LogP contribution < -0.4 is 9.47 Å². The molecule has 2 aliphatic heterocycles. The van der Waals surface area contributed by atoms with Gasteiger partial charge in [0.25, 0.3) is 5.91 Å². The standard InChI is InChI=1S/C18H18N2O3/c1-12-15-10-17-16(22-7-8-23-17)9-13(15)4-6-20(12)18(21)14-3-2-5-19-11-14/h2-3,5,9-12H,4,6-8H2,1H3. The number of aromatic nitrogens is 1. The fourth-order valence-corrected chi connectivity index (χ4v) is 3.29. The Morgan fingerprint density at radius 3 is 2.78 bits per heavy atom. The van der Waals surface area contributed by atoms with E-state index in [1.807, 2.05) is 11.0 Å². The number of carbonyl (C=O) groups is 1. The largest absolute Gasteiger partial charge is 0.486 e. The number of hydrogen-bond acceptors (Lipinski definition) is 4. The van der Waals surface area contributed by atoms with Gasteiger partial charge in [-0.25, -0.2) is 0 Å². The van der Waals surface area contributed by atoms with Crippen molar-refractivity contribution in [2.24, 2.45) is 0 Å². The lowest BCUT2D eigenvalue weighted by Gasteiger charge is -2.36. The number of nitrogens with zero attached hydrogens (tertiary/aromatic N) is 2. The van der Waals surface area contributed by atoms with Crippen LogP contribution in [0.4, 0.5) is 0 Å². The first kappa shape index (κ1) is 14.1. The van der Waals surface area contributed by atoms with Crippen molar-refractivity contribution in [3.05, 3.63) is 53.3 Å². The van der Waals surface area contributed by atoms with Gasteiger partial charge in [0.05, 0.1) is 11.6 Å². The van der Waals surface area contributed by atoms with Crippen LogP contribution in [0.1, 0.15) is 34.5 Å². The third kappa shape index (κ3) is 2.42. The van der Waals surface area contributed by atoms with E-state index in [2.05, 4.69) is 18.0 Å². The van der Waals surface area contributed by atoms with Crippen molar-refractivity contribution in [1.82, 2.24) is 9.88 Å². The predicted octanol–water partition coefficient (Wildman–Crippen LogP) is 2.61. The van der Waals surface area contributed by atoms with Crippen LogP contribution in [0.25, 0.3) is 0 Å². The fourth-order valence-electron chi connectivity index (χ4n) is 3.29. The van der Waals surface area contributed by atoms with E-state index in [4.69, 9.17) is 9.47 Å². The summed E-state index contributed by atoms with van der Waals surface area (Å²) in [6, 6.07) is 7.68. The number of hydrogen-bond donors (Lipinski definition) is 0. The van der Waals surface area contributed by atoms with Crippen molar-refractivity contribution < 1.29 is 14.3 Å². The Hall–Kier alpha value is -2.56. The van der Waals surface area contributed by atoms with Crippen LogP contribution in [0.3, 0.4) is 0 Å². The number of carbonyl (C=O) groups excluding carboxylic acids is 1. The van der Waals surface area contributed by atoms with Crippen LogP contribution in [0.5, 0.6) is 11.5 Å². The highest BCUT2D eigenvalue weighted by atomic mass is 16.6. The summed E-state index contributed by atoms with van der Waals surface area (Å²) >= 11 is 0. The molecule has 0 fully saturated rings. The van der Waals surface area contributed by atoms with E-state index in [-0.39, 0.29) is 11.9 Å². The van der Waals surface area contributed by atoms with Gasteiger partial charge in [-0.05, 0) is 48.7 Å². The highest BCUT2D eigenvalue weighted by Crippen LogP contribution is 2.39. The number of ether oxygens (including phenoxy) is 2. The Kier molecular flexibility index (Phi) is 3.41. The molecular weight excluding hydrogens is 292 g/mol.